The first kappa shape index (κ1) is 21.1. The van der Waals surface area contributed by atoms with Gasteiger partial charge in [-0.1, -0.05) is 6.42 Å². The molecule has 3 rings (SSSR count). The molecular weight excluding hydrogens is 362 g/mol. The summed E-state index contributed by atoms with van der Waals surface area (Å²) in [6.45, 7) is 4.46. The van der Waals surface area contributed by atoms with Crippen LogP contribution in [0.15, 0.2) is 33.7 Å². The largest absolute Gasteiger partial charge is 0.483 e. The summed E-state index contributed by atoms with van der Waals surface area (Å²) in [4.78, 5) is 36.9. The third-order valence-corrected chi connectivity index (χ3v) is 4.65. The van der Waals surface area contributed by atoms with Gasteiger partial charge in [-0.15, -0.1) is 0 Å². The number of hydrogen-bond acceptors (Lipinski definition) is 6. The average Bonchev–Trinajstić information content (AvgIpc) is 2.59. The summed E-state index contributed by atoms with van der Waals surface area (Å²) >= 11 is 0. The molecule has 1 aliphatic rings. The quantitative estimate of drug-likeness (QED) is 0.514. The molecule has 150 valence electrons. The topological polar surface area (TPSA) is 122 Å². The van der Waals surface area contributed by atoms with E-state index in [9.17, 15) is 9.59 Å². The smallest absolute Gasteiger partial charge is 0.349 e. The van der Waals surface area contributed by atoms with Crippen molar-refractivity contribution in [2.45, 2.75) is 39.0 Å². The average molecular weight is 387 g/mol. The molecule has 2 heterocycles. The predicted molar refractivity (Wildman–Crippen MR) is 105 cm³/mol. The summed E-state index contributed by atoms with van der Waals surface area (Å²) < 4.78 is 5.37. The van der Waals surface area contributed by atoms with E-state index in [1.807, 2.05) is 19.1 Å². The van der Waals surface area contributed by atoms with E-state index in [1.54, 1.807) is 19.3 Å². The minimum atomic E-state index is -0.544. The van der Waals surface area contributed by atoms with E-state index >= 15 is 0 Å². The SMILES string of the molecule is Cc1cnccc1NCCNC(=O)c1c(C)cc(C2CCC2)oc1=O.O=CO. The zero-order chi connectivity index (χ0) is 20.5. The Morgan fingerprint density at radius 2 is 2.04 bits per heavy atom. The van der Waals surface area contributed by atoms with Gasteiger partial charge in [0.2, 0.25) is 0 Å². The summed E-state index contributed by atoms with van der Waals surface area (Å²) in [6.07, 6.45) is 6.76. The Hall–Kier alpha value is -3.16. The van der Waals surface area contributed by atoms with Crippen LogP contribution in [-0.2, 0) is 4.79 Å². The maximum Gasteiger partial charge on any atom is 0.349 e. The molecule has 8 nitrogen and oxygen atoms in total. The molecule has 2 aromatic rings. The van der Waals surface area contributed by atoms with Crippen LogP contribution in [-0.4, -0.2) is 35.6 Å². The fraction of sp³-hybridized carbons (Fsp3) is 0.400. The molecule has 0 bridgehead atoms. The van der Waals surface area contributed by atoms with E-state index in [-0.39, 0.29) is 17.9 Å². The van der Waals surface area contributed by atoms with Crippen molar-refractivity contribution in [1.82, 2.24) is 10.3 Å². The third kappa shape index (κ3) is 5.42. The van der Waals surface area contributed by atoms with Gasteiger partial charge in [-0.05, 0) is 49.9 Å². The second-order valence-electron chi connectivity index (χ2n) is 6.60. The lowest BCUT2D eigenvalue weighted by molar-refractivity contribution is -0.122. The molecule has 2 aromatic heterocycles. The molecule has 0 saturated heterocycles. The molecule has 0 spiro atoms. The van der Waals surface area contributed by atoms with Gasteiger partial charge in [0.1, 0.15) is 11.3 Å². The number of nitrogens with one attached hydrogen (secondary N) is 2. The van der Waals surface area contributed by atoms with E-state index in [0.29, 0.717) is 30.3 Å². The molecule has 1 amide bonds. The summed E-state index contributed by atoms with van der Waals surface area (Å²) in [5, 5.41) is 12.9. The van der Waals surface area contributed by atoms with Crippen molar-refractivity contribution in [2.75, 3.05) is 18.4 Å². The highest BCUT2D eigenvalue weighted by atomic mass is 16.4. The van der Waals surface area contributed by atoms with Crippen molar-refractivity contribution >= 4 is 18.1 Å². The highest BCUT2D eigenvalue weighted by molar-refractivity contribution is 5.95. The molecule has 0 radical (unpaired) electrons. The summed E-state index contributed by atoms with van der Waals surface area (Å²) in [6, 6.07) is 3.72. The molecule has 0 aromatic carbocycles. The highest BCUT2D eigenvalue weighted by Crippen LogP contribution is 2.36. The Labute approximate surface area is 163 Å². The van der Waals surface area contributed by atoms with Crippen LogP contribution in [0.25, 0.3) is 0 Å². The maximum atomic E-state index is 12.3. The van der Waals surface area contributed by atoms with Crippen molar-refractivity contribution in [3.63, 3.8) is 0 Å². The van der Waals surface area contributed by atoms with Crippen LogP contribution in [0, 0.1) is 13.8 Å². The number of carbonyl (C=O) groups excluding carboxylic acids is 1. The van der Waals surface area contributed by atoms with Crippen molar-refractivity contribution in [3.8, 4) is 0 Å². The Balaban J connectivity index is 0.000000878. The fourth-order valence-corrected chi connectivity index (χ4v) is 2.93. The molecule has 0 aliphatic heterocycles. The van der Waals surface area contributed by atoms with E-state index in [4.69, 9.17) is 14.3 Å². The number of aromatic nitrogens is 1. The molecular formula is C20H25N3O5. The van der Waals surface area contributed by atoms with Gasteiger partial charge < -0.3 is 20.2 Å². The van der Waals surface area contributed by atoms with Gasteiger partial charge in [-0.3, -0.25) is 14.6 Å². The van der Waals surface area contributed by atoms with Crippen LogP contribution in [0.5, 0.6) is 0 Å². The van der Waals surface area contributed by atoms with Gasteiger partial charge in [0.15, 0.2) is 0 Å². The first-order valence-electron chi connectivity index (χ1n) is 9.13. The molecule has 1 fully saturated rings. The van der Waals surface area contributed by atoms with E-state index in [1.165, 1.54) is 6.42 Å². The summed E-state index contributed by atoms with van der Waals surface area (Å²) in [5.74, 6) is 0.649. The molecule has 1 saturated carbocycles. The second kappa shape index (κ2) is 10.2. The Kier molecular flexibility index (Phi) is 7.74. The number of carboxylic acid groups (broad SMARTS) is 1. The molecule has 3 N–H and O–H groups in total. The number of pyridine rings is 1. The normalized spacial score (nSPS) is 12.9. The van der Waals surface area contributed by atoms with Crippen LogP contribution < -0.4 is 16.3 Å². The van der Waals surface area contributed by atoms with Gasteiger partial charge >= 0.3 is 5.63 Å². The summed E-state index contributed by atoms with van der Waals surface area (Å²) in [5.41, 5.74) is 2.25. The Bertz CT molecular complexity index is 874. The number of nitrogens with zero attached hydrogens (tertiary/aromatic N) is 1. The lowest BCUT2D eigenvalue weighted by Gasteiger charge is -2.24. The van der Waals surface area contributed by atoms with Crippen LogP contribution in [0.4, 0.5) is 5.69 Å². The minimum absolute atomic E-state index is 0.100. The number of anilines is 1. The second-order valence-corrected chi connectivity index (χ2v) is 6.60. The molecule has 28 heavy (non-hydrogen) atoms. The molecule has 8 heteroatoms. The number of carbonyl (C=O) groups is 2. The Morgan fingerprint density at radius 1 is 1.32 bits per heavy atom. The molecule has 0 unspecified atom stereocenters. The first-order valence-corrected chi connectivity index (χ1v) is 9.13. The lowest BCUT2D eigenvalue weighted by Crippen LogP contribution is -2.33. The molecule has 0 atom stereocenters. The van der Waals surface area contributed by atoms with Crippen molar-refractivity contribution in [2.24, 2.45) is 0 Å². The number of hydrogen-bond donors (Lipinski definition) is 3. The summed E-state index contributed by atoms with van der Waals surface area (Å²) in [7, 11) is 0. The van der Waals surface area contributed by atoms with E-state index in [0.717, 1.165) is 24.1 Å². The van der Waals surface area contributed by atoms with Gasteiger partial charge in [0, 0.05) is 37.1 Å². The standard InChI is InChI=1S/C19H23N3O3.CH2O2/c1-12-10-16(14-4-3-5-14)25-19(24)17(12)18(23)22-9-8-21-15-6-7-20-11-13(15)2;2-1-3/h6-7,10-11,14H,3-5,8-9H2,1-2H3,(H,20,21)(H,22,23);1H,(H,2,3). The van der Waals surface area contributed by atoms with Gasteiger partial charge in [0.05, 0.1) is 0 Å². The van der Waals surface area contributed by atoms with Gasteiger partial charge in [-0.25, -0.2) is 4.79 Å². The van der Waals surface area contributed by atoms with Crippen molar-refractivity contribution in [1.29, 1.82) is 0 Å². The zero-order valence-corrected chi connectivity index (χ0v) is 16.0. The predicted octanol–water partition coefficient (Wildman–Crippen LogP) is 2.46. The number of amides is 1. The van der Waals surface area contributed by atoms with Gasteiger partial charge in [0.25, 0.3) is 12.4 Å². The third-order valence-electron chi connectivity index (χ3n) is 4.65. The van der Waals surface area contributed by atoms with Crippen LogP contribution >= 0.6 is 0 Å². The van der Waals surface area contributed by atoms with Crippen LogP contribution in [0.1, 0.15) is 52.4 Å². The zero-order valence-electron chi connectivity index (χ0n) is 16.0. The first-order chi connectivity index (χ1) is 13.5. The number of aryl methyl sites for hydroxylation is 2. The van der Waals surface area contributed by atoms with Crippen LogP contribution in [0.2, 0.25) is 0 Å². The van der Waals surface area contributed by atoms with E-state index < -0.39 is 5.63 Å². The van der Waals surface area contributed by atoms with E-state index in [2.05, 4.69) is 15.6 Å². The lowest BCUT2D eigenvalue weighted by atomic mass is 9.83. The van der Waals surface area contributed by atoms with Crippen LogP contribution in [0.3, 0.4) is 0 Å². The maximum absolute atomic E-state index is 12.3. The fourth-order valence-electron chi connectivity index (χ4n) is 2.93. The van der Waals surface area contributed by atoms with Gasteiger partial charge in [-0.2, -0.15) is 0 Å². The number of rotatable bonds is 6. The Morgan fingerprint density at radius 3 is 2.61 bits per heavy atom. The van der Waals surface area contributed by atoms with Crippen molar-refractivity contribution in [3.05, 3.63) is 57.4 Å². The molecule has 1 aliphatic carbocycles. The highest BCUT2D eigenvalue weighted by Gasteiger charge is 2.25. The monoisotopic (exact) mass is 387 g/mol. The van der Waals surface area contributed by atoms with Crippen molar-refractivity contribution < 1.29 is 19.1 Å². The minimum Gasteiger partial charge on any atom is -0.483 e.